The van der Waals surface area contributed by atoms with Crippen molar-refractivity contribution in [1.29, 1.82) is 0 Å². The molecule has 0 saturated carbocycles. The van der Waals surface area contributed by atoms with Gasteiger partial charge in [-0.15, -0.1) is 0 Å². The highest BCUT2D eigenvalue weighted by Gasteiger charge is 2.13. The molecule has 1 atom stereocenters. The standard InChI is InChI=1S/C10H12F2O/c1-7(6-11)8-4-3-5-9(13-2)10(8)12/h3-5,7H,6H2,1-2H3. The Morgan fingerprint density at radius 2 is 2.15 bits per heavy atom. The van der Waals surface area contributed by atoms with Crippen molar-refractivity contribution in [2.24, 2.45) is 0 Å². The molecule has 1 unspecified atom stereocenters. The normalized spacial score (nSPS) is 12.6. The summed E-state index contributed by atoms with van der Waals surface area (Å²) in [5.74, 6) is -0.719. The Hall–Kier alpha value is -1.12. The third-order valence-electron chi connectivity index (χ3n) is 1.98. The fraction of sp³-hybridized carbons (Fsp3) is 0.400. The third-order valence-corrected chi connectivity index (χ3v) is 1.98. The summed E-state index contributed by atoms with van der Waals surface area (Å²) in [6.45, 7) is 1.07. The van der Waals surface area contributed by atoms with E-state index < -0.39 is 18.4 Å². The van der Waals surface area contributed by atoms with E-state index in [0.717, 1.165) is 0 Å². The van der Waals surface area contributed by atoms with Crippen molar-refractivity contribution in [1.82, 2.24) is 0 Å². The summed E-state index contributed by atoms with van der Waals surface area (Å²) in [5, 5.41) is 0. The molecule has 3 heteroatoms. The van der Waals surface area contributed by atoms with Crippen molar-refractivity contribution in [2.75, 3.05) is 13.8 Å². The van der Waals surface area contributed by atoms with E-state index in [2.05, 4.69) is 0 Å². The molecule has 0 bridgehead atoms. The highest BCUT2D eigenvalue weighted by molar-refractivity contribution is 5.33. The molecule has 72 valence electrons. The van der Waals surface area contributed by atoms with Gasteiger partial charge in [0.25, 0.3) is 0 Å². The molecule has 1 aromatic rings. The first kappa shape index (κ1) is 9.96. The molecule has 0 saturated heterocycles. The second-order valence-electron chi connectivity index (χ2n) is 2.92. The van der Waals surface area contributed by atoms with Gasteiger partial charge in [0.15, 0.2) is 11.6 Å². The van der Waals surface area contributed by atoms with E-state index in [1.54, 1.807) is 19.1 Å². The quantitative estimate of drug-likeness (QED) is 0.705. The Morgan fingerprint density at radius 1 is 1.46 bits per heavy atom. The second kappa shape index (κ2) is 4.21. The molecule has 0 amide bonds. The summed E-state index contributed by atoms with van der Waals surface area (Å²) in [5.41, 5.74) is 0.363. The van der Waals surface area contributed by atoms with Crippen LogP contribution in [0.1, 0.15) is 18.4 Å². The van der Waals surface area contributed by atoms with Crippen LogP contribution < -0.4 is 4.74 Å². The fourth-order valence-electron chi connectivity index (χ4n) is 1.15. The molecule has 1 rings (SSSR count). The number of alkyl halides is 1. The summed E-state index contributed by atoms with van der Waals surface area (Å²) in [6.07, 6.45) is 0. The van der Waals surface area contributed by atoms with Crippen LogP contribution in [0.3, 0.4) is 0 Å². The molecule has 0 N–H and O–H groups in total. The minimum absolute atomic E-state index is 0.165. The SMILES string of the molecule is COc1cccc(C(C)CF)c1F. The monoisotopic (exact) mass is 186 g/mol. The average molecular weight is 186 g/mol. The van der Waals surface area contributed by atoms with Crippen LogP contribution in [0.5, 0.6) is 5.75 Å². The molecule has 1 nitrogen and oxygen atoms in total. The summed E-state index contributed by atoms with van der Waals surface area (Å²) >= 11 is 0. The molecule has 0 spiro atoms. The fourth-order valence-corrected chi connectivity index (χ4v) is 1.15. The van der Waals surface area contributed by atoms with Crippen molar-refractivity contribution < 1.29 is 13.5 Å². The Kier molecular flexibility index (Phi) is 3.23. The van der Waals surface area contributed by atoms with Gasteiger partial charge in [0.05, 0.1) is 13.8 Å². The summed E-state index contributed by atoms with van der Waals surface area (Å²) in [7, 11) is 1.39. The number of methoxy groups -OCH3 is 1. The van der Waals surface area contributed by atoms with E-state index >= 15 is 0 Å². The van der Waals surface area contributed by atoms with E-state index in [1.807, 2.05) is 0 Å². The topological polar surface area (TPSA) is 9.23 Å². The van der Waals surface area contributed by atoms with Gasteiger partial charge in [-0.2, -0.15) is 0 Å². The van der Waals surface area contributed by atoms with Crippen LogP contribution in [-0.4, -0.2) is 13.8 Å². The largest absolute Gasteiger partial charge is 0.494 e. The minimum atomic E-state index is -0.565. The smallest absolute Gasteiger partial charge is 0.168 e. The van der Waals surface area contributed by atoms with Gasteiger partial charge in [-0.3, -0.25) is 4.39 Å². The van der Waals surface area contributed by atoms with Crippen LogP contribution >= 0.6 is 0 Å². The van der Waals surface area contributed by atoms with Crippen LogP contribution in [0.25, 0.3) is 0 Å². The molecule has 0 fully saturated rings. The van der Waals surface area contributed by atoms with E-state index in [1.165, 1.54) is 13.2 Å². The highest BCUT2D eigenvalue weighted by Crippen LogP contribution is 2.26. The van der Waals surface area contributed by atoms with Crippen LogP contribution in [0.15, 0.2) is 18.2 Å². The van der Waals surface area contributed by atoms with Crippen LogP contribution in [-0.2, 0) is 0 Å². The number of ether oxygens (including phenoxy) is 1. The number of benzene rings is 1. The zero-order chi connectivity index (χ0) is 9.84. The molecule has 0 aliphatic rings. The molecule has 0 aromatic heterocycles. The lowest BCUT2D eigenvalue weighted by Crippen LogP contribution is -2.00. The Balaban J connectivity index is 3.08. The van der Waals surface area contributed by atoms with E-state index in [9.17, 15) is 8.78 Å². The zero-order valence-corrected chi connectivity index (χ0v) is 7.68. The zero-order valence-electron chi connectivity index (χ0n) is 7.68. The first-order chi connectivity index (χ1) is 6.20. The molecule has 0 aliphatic carbocycles. The molecule has 0 heterocycles. The van der Waals surface area contributed by atoms with Crippen LogP contribution in [0.4, 0.5) is 8.78 Å². The van der Waals surface area contributed by atoms with E-state index in [0.29, 0.717) is 5.56 Å². The highest BCUT2D eigenvalue weighted by atomic mass is 19.1. The summed E-state index contributed by atoms with van der Waals surface area (Å²) < 4.78 is 30.5. The second-order valence-corrected chi connectivity index (χ2v) is 2.92. The summed E-state index contributed by atoms with van der Waals surface area (Å²) in [4.78, 5) is 0. The Bertz CT molecular complexity index is 286. The maximum Gasteiger partial charge on any atom is 0.168 e. The van der Waals surface area contributed by atoms with Gasteiger partial charge in [-0.05, 0) is 11.6 Å². The Labute approximate surface area is 76.3 Å². The van der Waals surface area contributed by atoms with Gasteiger partial charge in [-0.25, -0.2) is 4.39 Å². The van der Waals surface area contributed by atoms with Gasteiger partial charge < -0.3 is 4.74 Å². The van der Waals surface area contributed by atoms with Crippen LogP contribution in [0, 0.1) is 5.82 Å². The van der Waals surface area contributed by atoms with Crippen molar-refractivity contribution in [3.05, 3.63) is 29.6 Å². The van der Waals surface area contributed by atoms with Crippen molar-refractivity contribution in [3.63, 3.8) is 0 Å². The molecule has 1 aromatic carbocycles. The molecule has 0 aliphatic heterocycles. The molecular weight excluding hydrogens is 174 g/mol. The van der Waals surface area contributed by atoms with E-state index in [4.69, 9.17) is 4.74 Å². The lowest BCUT2D eigenvalue weighted by molar-refractivity contribution is 0.377. The average Bonchev–Trinajstić information content (AvgIpc) is 2.17. The van der Waals surface area contributed by atoms with Gasteiger partial charge >= 0.3 is 0 Å². The molecular formula is C10H12F2O. The minimum Gasteiger partial charge on any atom is -0.494 e. The predicted octanol–water partition coefficient (Wildman–Crippen LogP) is 2.91. The van der Waals surface area contributed by atoms with E-state index in [-0.39, 0.29) is 5.75 Å². The first-order valence-corrected chi connectivity index (χ1v) is 4.09. The van der Waals surface area contributed by atoms with Crippen LogP contribution in [0.2, 0.25) is 0 Å². The predicted molar refractivity (Wildman–Crippen MR) is 47.3 cm³/mol. The number of halogens is 2. The molecule has 0 radical (unpaired) electrons. The van der Waals surface area contributed by atoms with Gasteiger partial charge in [0, 0.05) is 5.92 Å². The summed E-state index contributed by atoms with van der Waals surface area (Å²) in [6, 6.07) is 4.75. The first-order valence-electron chi connectivity index (χ1n) is 4.09. The number of rotatable bonds is 3. The lowest BCUT2D eigenvalue weighted by Gasteiger charge is -2.10. The van der Waals surface area contributed by atoms with Crippen molar-refractivity contribution in [3.8, 4) is 5.75 Å². The number of hydrogen-bond donors (Lipinski definition) is 0. The van der Waals surface area contributed by atoms with Gasteiger partial charge in [0.2, 0.25) is 0 Å². The Morgan fingerprint density at radius 3 is 2.69 bits per heavy atom. The van der Waals surface area contributed by atoms with Gasteiger partial charge in [0.1, 0.15) is 0 Å². The van der Waals surface area contributed by atoms with Crippen molar-refractivity contribution >= 4 is 0 Å². The maximum absolute atomic E-state index is 13.4. The maximum atomic E-state index is 13.4. The van der Waals surface area contributed by atoms with Crippen molar-refractivity contribution in [2.45, 2.75) is 12.8 Å². The molecule has 13 heavy (non-hydrogen) atoms. The third kappa shape index (κ3) is 1.97. The van der Waals surface area contributed by atoms with Gasteiger partial charge in [-0.1, -0.05) is 19.1 Å². The number of hydrogen-bond acceptors (Lipinski definition) is 1. The lowest BCUT2D eigenvalue weighted by atomic mass is 10.0.